The molecule has 2 amide bonds. The minimum atomic E-state index is -0.247. The highest BCUT2D eigenvalue weighted by molar-refractivity contribution is 6.09. The van der Waals surface area contributed by atoms with Crippen LogP contribution in [0, 0.1) is 6.92 Å². The molecular weight excluding hydrogens is 312 g/mol. The molecule has 3 aromatic rings. The van der Waals surface area contributed by atoms with Gasteiger partial charge >= 0.3 is 0 Å². The molecule has 0 aromatic heterocycles. The Morgan fingerprint density at radius 2 is 1.04 bits per heavy atom. The lowest BCUT2D eigenvalue weighted by molar-refractivity contribution is 0.102. The summed E-state index contributed by atoms with van der Waals surface area (Å²) < 4.78 is 0. The zero-order chi connectivity index (χ0) is 17.6. The number of anilines is 2. The van der Waals surface area contributed by atoms with E-state index in [2.05, 4.69) is 10.6 Å². The van der Waals surface area contributed by atoms with Gasteiger partial charge in [-0.3, -0.25) is 9.59 Å². The van der Waals surface area contributed by atoms with E-state index in [-0.39, 0.29) is 11.8 Å². The summed E-state index contributed by atoms with van der Waals surface area (Å²) in [6, 6.07) is 23.6. The topological polar surface area (TPSA) is 58.2 Å². The van der Waals surface area contributed by atoms with E-state index in [0.717, 1.165) is 5.56 Å². The Balaban J connectivity index is 1.80. The molecule has 0 saturated carbocycles. The molecule has 3 aromatic carbocycles. The lowest BCUT2D eigenvalue weighted by Crippen LogP contribution is -2.16. The van der Waals surface area contributed by atoms with Gasteiger partial charge in [0, 0.05) is 22.5 Å². The SMILES string of the molecule is Cc1cc(C(=O)Nc2ccccc2)cc(C(=O)Nc2ccccc2)c1. The van der Waals surface area contributed by atoms with Gasteiger partial charge in [0.05, 0.1) is 0 Å². The number of hydrogen-bond donors (Lipinski definition) is 2. The zero-order valence-electron chi connectivity index (χ0n) is 13.8. The number of para-hydroxylation sites is 2. The van der Waals surface area contributed by atoms with Gasteiger partial charge in [0.15, 0.2) is 0 Å². The number of carbonyl (C=O) groups excluding carboxylic acids is 2. The Morgan fingerprint density at radius 1 is 0.640 bits per heavy atom. The molecule has 0 bridgehead atoms. The van der Waals surface area contributed by atoms with Gasteiger partial charge in [0.2, 0.25) is 0 Å². The molecule has 0 saturated heterocycles. The third kappa shape index (κ3) is 4.32. The minimum Gasteiger partial charge on any atom is -0.322 e. The summed E-state index contributed by atoms with van der Waals surface area (Å²) in [7, 11) is 0. The standard InChI is InChI=1S/C21H18N2O2/c1-15-12-16(20(24)22-18-8-4-2-5-9-18)14-17(13-15)21(25)23-19-10-6-3-7-11-19/h2-14H,1H3,(H,22,24)(H,23,25). The van der Waals surface area contributed by atoms with Crippen molar-refractivity contribution in [2.75, 3.05) is 10.6 Å². The second-order valence-electron chi connectivity index (χ2n) is 5.73. The molecule has 0 spiro atoms. The Labute approximate surface area is 146 Å². The number of carbonyl (C=O) groups is 2. The van der Waals surface area contributed by atoms with Crippen LogP contribution in [0.4, 0.5) is 11.4 Å². The van der Waals surface area contributed by atoms with E-state index in [4.69, 9.17) is 0 Å². The fourth-order valence-electron chi connectivity index (χ4n) is 2.49. The quantitative estimate of drug-likeness (QED) is 0.740. The van der Waals surface area contributed by atoms with Crippen LogP contribution in [0.2, 0.25) is 0 Å². The van der Waals surface area contributed by atoms with Crippen molar-refractivity contribution in [1.82, 2.24) is 0 Å². The van der Waals surface area contributed by atoms with Crippen molar-refractivity contribution in [3.8, 4) is 0 Å². The predicted octanol–water partition coefficient (Wildman–Crippen LogP) is 4.50. The van der Waals surface area contributed by atoms with Gasteiger partial charge < -0.3 is 10.6 Å². The third-order valence-corrected chi connectivity index (χ3v) is 3.67. The third-order valence-electron chi connectivity index (χ3n) is 3.67. The number of hydrogen-bond acceptors (Lipinski definition) is 2. The average molecular weight is 330 g/mol. The van der Waals surface area contributed by atoms with Gasteiger partial charge in [-0.1, -0.05) is 36.4 Å². The molecule has 124 valence electrons. The monoisotopic (exact) mass is 330 g/mol. The van der Waals surface area contributed by atoms with E-state index in [0.29, 0.717) is 22.5 Å². The molecule has 0 atom stereocenters. The van der Waals surface area contributed by atoms with Crippen LogP contribution < -0.4 is 10.6 Å². The highest BCUT2D eigenvalue weighted by atomic mass is 16.2. The second-order valence-corrected chi connectivity index (χ2v) is 5.73. The summed E-state index contributed by atoms with van der Waals surface area (Å²) in [6.45, 7) is 1.86. The van der Waals surface area contributed by atoms with E-state index >= 15 is 0 Å². The molecule has 25 heavy (non-hydrogen) atoms. The number of benzene rings is 3. The number of rotatable bonds is 4. The van der Waals surface area contributed by atoms with E-state index < -0.39 is 0 Å². The first kappa shape index (κ1) is 16.5. The van der Waals surface area contributed by atoms with Crippen molar-refractivity contribution >= 4 is 23.2 Å². The second kappa shape index (κ2) is 7.45. The van der Waals surface area contributed by atoms with Crippen molar-refractivity contribution in [2.24, 2.45) is 0 Å². The molecule has 0 aliphatic heterocycles. The van der Waals surface area contributed by atoms with Gasteiger partial charge in [-0.05, 0) is 55.0 Å². The zero-order valence-corrected chi connectivity index (χ0v) is 13.8. The molecule has 0 aliphatic rings. The largest absolute Gasteiger partial charge is 0.322 e. The van der Waals surface area contributed by atoms with Crippen molar-refractivity contribution in [2.45, 2.75) is 6.92 Å². The van der Waals surface area contributed by atoms with Crippen molar-refractivity contribution in [3.63, 3.8) is 0 Å². The van der Waals surface area contributed by atoms with E-state index in [1.165, 1.54) is 0 Å². The maximum atomic E-state index is 12.5. The van der Waals surface area contributed by atoms with Crippen LogP contribution in [-0.4, -0.2) is 11.8 Å². The van der Waals surface area contributed by atoms with Gasteiger partial charge in [-0.15, -0.1) is 0 Å². The van der Waals surface area contributed by atoms with E-state index in [1.807, 2.05) is 67.6 Å². The fraction of sp³-hybridized carbons (Fsp3) is 0.0476. The summed E-state index contributed by atoms with van der Waals surface area (Å²) in [4.78, 5) is 24.9. The van der Waals surface area contributed by atoms with Crippen LogP contribution in [0.5, 0.6) is 0 Å². The summed E-state index contributed by atoms with van der Waals surface area (Å²) in [6.07, 6.45) is 0. The van der Waals surface area contributed by atoms with Crippen LogP contribution in [0.1, 0.15) is 26.3 Å². The first-order valence-corrected chi connectivity index (χ1v) is 7.96. The summed E-state index contributed by atoms with van der Waals surface area (Å²) >= 11 is 0. The molecule has 0 unspecified atom stereocenters. The maximum Gasteiger partial charge on any atom is 0.255 e. The van der Waals surface area contributed by atoms with Crippen LogP contribution in [0.25, 0.3) is 0 Å². The first-order valence-electron chi connectivity index (χ1n) is 7.96. The average Bonchev–Trinajstić information content (AvgIpc) is 2.63. The maximum absolute atomic E-state index is 12.5. The van der Waals surface area contributed by atoms with E-state index in [9.17, 15) is 9.59 Å². The predicted molar refractivity (Wildman–Crippen MR) is 100.0 cm³/mol. The molecule has 4 nitrogen and oxygen atoms in total. The Bertz CT molecular complexity index is 819. The van der Waals surface area contributed by atoms with Gasteiger partial charge in [-0.2, -0.15) is 0 Å². The molecule has 4 heteroatoms. The van der Waals surface area contributed by atoms with Crippen LogP contribution in [0.15, 0.2) is 78.9 Å². The highest BCUT2D eigenvalue weighted by Gasteiger charge is 2.12. The molecular formula is C21H18N2O2. The molecule has 0 heterocycles. The lowest BCUT2D eigenvalue weighted by atomic mass is 10.0. The van der Waals surface area contributed by atoms with Gasteiger partial charge in [0.1, 0.15) is 0 Å². The van der Waals surface area contributed by atoms with Crippen LogP contribution in [0.3, 0.4) is 0 Å². The summed E-state index contributed by atoms with van der Waals surface area (Å²) in [5.74, 6) is -0.493. The molecule has 0 fully saturated rings. The first-order chi connectivity index (χ1) is 12.1. The Kier molecular flexibility index (Phi) is 4.90. The van der Waals surface area contributed by atoms with E-state index in [1.54, 1.807) is 18.2 Å². The Hall–Kier alpha value is -3.40. The molecule has 0 radical (unpaired) electrons. The van der Waals surface area contributed by atoms with Crippen LogP contribution in [-0.2, 0) is 0 Å². The number of nitrogens with one attached hydrogen (secondary N) is 2. The lowest BCUT2D eigenvalue weighted by Gasteiger charge is -2.09. The molecule has 2 N–H and O–H groups in total. The van der Waals surface area contributed by atoms with Crippen molar-refractivity contribution < 1.29 is 9.59 Å². The fourth-order valence-corrected chi connectivity index (χ4v) is 2.49. The van der Waals surface area contributed by atoms with Crippen molar-refractivity contribution in [1.29, 1.82) is 0 Å². The molecule has 3 rings (SSSR count). The smallest absolute Gasteiger partial charge is 0.255 e. The van der Waals surface area contributed by atoms with Crippen LogP contribution >= 0.6 is 0 Å². The number of aryl methyl sites for hydroxylation is 1. The summed E-state index contributed by atoms with van der Waals surface area (Å²) in [5, 5.41) is 5.66. The van der Waals surface area contributed by atoms with Gasteiger partial charge in [0.25, 0.3) is 11.8 Å². The minimum absolute atomic E-state index is 0.247. The van der Waals surface area contributed by atoms with Crippen molar-refractivity contribution in [3.05, 3.63) is 95.6 Å². The van der Waals surface area contributed by atoms with Gasteiger partial charge in [-0.25, -0.2) is 0 Å². The normalized spacial score (nSPS) is 10.1. The number of amides is 2. The summed E-state index contributed by atoms with van der Waals surface area (Å²) in [5.41, 5.74) is 3.16. The Morgan fingerprint density at radius 3 is 1.44 bits per heavy atom. The highest BCUT2D eigenvalue weighted by Crippen LogP contribution is 2.15. The molecule has 0 aliphatic carbocycles.